The first-order chi connectivity index (χ1) is 16.3. The molecule has 3 aromatic rings. The van der Waals surface area contributed by atoms with E-state index in [4.69, 9.17) is 21.1 Å². The number of ether oxygens (including phenoxy) is 2. The highest BCUT2D eigenvalue weighted by Crippen LogP contribution is 2.39. The quantitative estimate of drug-likeness (QED) is 0.339. The molecule has 174 valence electrons. The van der Waals surface area contributed by atoms with Gasteiger partial charge in [0, 0.05) is 0 Å². The van der Waals surface area contributed by atoms with Crippen LogP contribution in [0.15, 0.2) is 65.6 Å². The number of hydrogen-bond acceptors (Lipinski definition) is 5. The van der Waals surface area contributed by atoms with Gasteiger partial charge >= 0.3 is 0 Å². The topological polar surface area (TPSA) is 55.8 Å². The molecule has 1 aliphatic heterocycles. The van der Waals surface area contributed by atoms with Crippen LogP contribution in [0.2, 0.25) is 5.02 Å². The highest BCUT2D eigenvalue weighted by Gasteiger charge is 2.35. The van der Waals surface area contributed by atoms with Crippen LogP contribution in [0.1, 0.15) is 27.8 Å². The monoisotopic (exact) mass is 493 g/mol. The standard InChI is InChI=1S/C27H24ClNO4S/c1-17-6-4-8-19(10-17)15-29-26(30)24(34-27(29)31)14-21-12-22(28)25(23(13-21)32-3)33-16-20-9-5-7-18(2)11-20/h4-14H,15-16H2,1-3H3/b24-14-. The number of aryl methyl sites for hydroxylation is 2. The van der Waals surface area contributed by atoms with Gasteiger partial charge in [-0.25, -0.2) is 0 Å². The summed E-state index contributed by atoms with van der Waals surface area (Å²) in [7, 11) is 1.53. The fraction of sp³-hybridized carbons (Fsp3) is 0.185. The molecule has 1 heterocycles. The van der Waals surface area contributed by atoms with Crippen molar-refractivity contribution in [1.82, 2.24) is 4.90 Å². The van der Waals surface area contributed by atoms with Crippen molar-refractivity contribution in [3.8, 4) is 11.5 Å². The molecule has 3 aromatic carbocycles. The van der Waals surface area contributed by atoms with Crippen molar-refractivity contribution in [2.45, 2.75) is 27.0 Å². The zero-order valence-corrected chi connectivity index (χ0v) is 20.7. The van der Waals surface area contributed by atoms with Crippen LogP contribution in [0, 0.1) is 13.8 Å². The molecule has 1 aliphatic rings. The SMILES string of the molecule is COc1cc(/C=C2\SC(=O)N(Cc3cccc(C)c3)C2=O)cc(Cl)c1OCc1cccc(C)c1. The van der Waals surface area contributed by atoms with Gasteiger partial charge in [-0.3, -0.25) is 14.5 Å². The van der Waals surface area contributed by atoms with E-state index in [0.29, 0.717) is 33.6 Å². The second kappa shape index (κ2) is 10.4. The van der Waals surface area contributed by atoms with E-state index in [1.165, 1.54) is 12.0 Å². The number of nitrogens with zero attached hydrogens (tertiary/aromatic N) is 1. The molecule has 34 heavy (non-hydrogen) atoms. The molecule has 0 atom stereocenters. The molecule has 0 saturated carbocycles. The Kier molecular flexibility index (Phi) is 7.29. The summed E-state index contributed by atoms with van der Waals surface area (Å²) in [4.78, 5) is 27.0. The number of benzene rings is 3. The molecule has 0 spiro atoms. The number of hydrogen-bond donors (Lipinski definition) is 0. The fourth-order valence-corrected chi connectivity index (χ4v) is 4.81. The Morgan fingerprint density at radius 3 is 2.32 bits per heavy atom. The van der Waals surface area contributed by atoms with Gasteiger partial charge in [0.15, 0.2) is 11.5 Å². The molecular formula is C27H24ClNO4S. The minimum absolute atomic E-state index is 0.236. The minimum atomic E-state index is -0.327. The van der Waals surface area contributed by atoms with Gasteiger partial charge in [0.2, 0.25) is 0 Å². The lowest BCUT2D eigenvalue weighted by Crippen LogP contribution is -2.27. The van der Waals surface area contributed by atoms with E-state index >= 15 is 0 Å². The Balaban J connectivity index is 1.53. The number of rotatable bonds is 7. The molecule has 7 heteroatoms. The van der Waals surface area contributed by atoms with E-state index in [1.54, 1.807) is 18.2 Å². The predicted octanol–water partition coefficient (Wildman–Crippen LogP) is 6.78. The number of carbonyl (C=O) groups is 2. The molecule has 0 N–H and O–H groups in total. The van der Waals surface area contributed by atoms with Crippen molar-refractivity contribution in [3.63, 3.8) is 0 Å². The fourth-order valence-electron chi connectivity index (χ4n) is 3.70. The molecule has 1 saturated heterocycles. The Bertz CT molecular complexity index is 1290. The number of imide groups is 1. The first-order valence-electron chi connectivity index (χ1n) is 10.7. The third kappa shape index (κ3) is 5.46. The zero-order chi connectivity index (χ0) is 24.2. The van der Waals surface area contributed by atoms with Gasteiger partial charge in [-0.05, 0) is 60.5 Å². The molecule has 2 amide bonds. The maximum atomic E-state index is 12.9. The number of methoxy groups -OCH3 is 1. The number of halogens is 1. The molecule has 0 bridgehead atoms. The minimum Gasteiger partial charge on any atom is -0.493 e. The molecule has 1 fully saturated rings. The average molecular weight is 494 g/mol. The summed E-state index contributed by atoms with van der Waals surface area (Å²) in [5.41, 5.74) is 4.79. The molecule has 0 aliphatic carbocycles. The Hall–Kier alpha value is -3.22. The summed E-state index contributed by atoms with van der Waals surface area (Å²) in [6.45, 7) is 4.57. The van der Waals surface area contributed by atoms with Crippen molar-refractivity contribution >= 4 is 40.6 Å². The van der Waals surface area contributed by atoms with Crippen LogP contribution in [-0.2, 0) is 17.9 Å². The summed E-state index contributed by atoms with van der Waals surface area (Å²) in [6, 6.07) is 19.2. The summed E-state index contributed by atoms with van der Waals surface area (Å²) in [5.74, 6) is 0.548. The lowest BCUT2D eigenvalue weighted by molar-refractivity contribution is -0.123. The molecular weight excluding hydrogens is 470 g/mol. The van der Waals surface area contributed by atoms with Gasteiger partial charge in [0.25, 0.3) is 11.1 Å². The maximum absolute atomic E-state index is 12.9. The van der Waals surface area contributed by atoms with Crippen LogP contribution in [0.3, 0.4) is 0 Å². The smallest absolute Gasteiger partial charge is 0.293 e. The van der Waals surface area contributed by atoms with Gasteiger partial charge in [-0.15, -0.1) is 0 Å². The van der Waals surface area contributed by atoms with E-state index in [0.717, 1.165) is 34.0 Å². The second-order valence-corrected chi connectivity index (χ2v) is 9.47. The number of carbonyl (C=O) groups excluding carboxylic acids is 2. The Morgan fingerprint density at radius 2 is 1.65 bits per heavy atom. The molecule has 0 radical (unpaired) electrons. The summed E-state index contributed by atoms with van der Waals surface area (Å²) in [6.07, 6.45) is 1.65. The third-order valence-corrected chi connectivity index (χ3v) is 6.50. The lowest BCUT2D eigenvalue weighted by Gasteiger charge is -2.14. The van der Waals surface area contributed by atoms with E-state index in [9.17, 15) is 9.59 Å². The van der Waals surface area contributed by atoms with Gasteiger partial charge < -0.3 is 9.47 Å². The van der Waals surface area contributed by atoms with Crippen LogP contribution in [0.5, 0.6) is 11.5 Å². The molecule has 5 nitrogen and oxygen atoms in total. The Labute approximate surface area is 208 Å². The van der Waals surface area contributed by atoms with Gasteiger partial charge in [-0.1, -0.05) is 71.3 Å². The number of thioether (sulfide) groups is 1. The molecule has 0 unspecified atom stereocenters. The molecule has 0 aromatic heterocycles. The van der Waals surface area contributed by atoms with Gasteiger partial charge in [-0.2, -0.15) is 0 Å². The summed E-state index contributed by atoms with van der Waals surface area (Å²) < 4.78 is 11.4. The third-order valence-electron chi connectivity index (χ3n) is 5.31. The van der Waals surface area contributed by atoms with E-state index < -0.39 is 0 Å². The maximum Gasteiger partial charge on any atom is 0.293 e. The van der Waals surface area contributed by atoms with Crippen molar-refractivity contribution in [1.29, 1.82) is 0 Å². The average Bonchev–Trinajstić information content (AvgIpc) is 3.05. The second-order valence-electron chi connectivity index (χ2n) is 8.07. The lowest BCUT2D eigenvalue weighted by atomic mass is 10.1. The normalized spacial score (nSPS) is 14.7. The van der Waals surface area contributed by atoms with Crippen LogP contribution in [-0.4, -0.2) is 23.2 Å². The van der Waals surface area contributed by atoms with Crippen molar-refractivity contribution in [3.05, 3.63) is 98.4 Å². The first-order valence-corrected chi connectivity index (χ1v) is 11.9. The summed E-state index contributed by atoms with van der Waals surface area (Å²) in [5, 5.41) is 0.0613. The highest BCUT2D eigenvalue weighted by atomic mass is 35.5. The van der Waals surface area contributed by atoms with Crippen molar-refractivity contribution in [2.75, 3.05) is 7.11 Å². The van der Waals surface area contributed by atoms with Crippen molar-refractivity contribution < 1.29 is 19.1 Å². The first kappa shape index (κ1) is 23.9. The van der Waals surface area contributed by atoms with Crippen LogP contribution in [0.4, 0.5) is 4.79 Å². The Morgan fingerprint density at radius 1 is 0.971 bits per heavy atom. The van der Waals surface area contributed by atoms with Gasteiger partial charge in [0.1, 0.15) is 6.61 Å². The highest BCUT2D eigenvalue weighted by molar-refractivity contribution is 8.18. The van der Waals surface area contributed by atoms with E-state index in [2.05, 4.69) is 0 Å². The van der Waals surface area contributed by atoms with Gasteiger partial charge in [0.05, 0.1) is 23.6 Å². The van der Waals surface area contributed by atoms with Crippen LogP contribution >= 0.6 is 23.4 Å². The predicted molar refractivity (Wildman–Crippen MR) is 136 cm³/mol. The summed E-state index contributed by atoms with van der Waals surface area (Å²) >= 11 is 7.42. The van der Waals surface area contributed by atoms with Crippen LogP contribution < -0.4 is 9.47 Å². The zero-order valence-electron chi connectivity index (χ0n) is 19.1. The molecule has 4 rings (SSSR count). The van der Waals surface area contributed by atoms with E-state index in [-0.39, 0.29) is 17.7 Å². The van der Waals surface area contributed by atoms with Crippen LogP contribution in [0.25, 0.3) is 6.08 Å². The van der Waals surface area contributed by atoms with E-state index in [1.807, 2.05) is 62.4 Å². The number of amides is 2. The largest absolute Gasteiger partial charge is 0.493 e. The van der Waals surface area contributed by atoms with Crippen molar-refractivity contribution in [2.24, 2.45) is 0 Å².